The van der Waals surface area contributed by atoms with Crippen LogP contribution < -0.4 is 0 Å². The SMILES string of the molecule is C=CCn1c(C)nnc1SC1CCCc2cccnc21. The molecule has 4 nitrogen and oxygen atoms in total. The van der Waals surface area contributed by atoms with Crippen LogP contribution >= 0.6 is 11.8 Å². The van der Waals surface area contributed by atoms with E-state index in [2.05, 4.69) is 32.4 Å². The van der Waals surface area contributed by atoms with Crippen LogP contribution in [0.5, 0.6) is 0 Å². The molecule has 20 heavy (non-hydrogen) atoms. The van der Waals surface area contributed by atoms with Crippen molar-refractivity contribution in [1.29, 1.82) is 0 Å². The Labute approximate surface area is 123 Å². The lowest BCUT2D eigenvalue weighted by Gasteiger charge is -2.23. The number of pyridine rings is 1. The van der Waals surface area contributed by atoms with Crippen LogP contribution in [0.2, 0.25) is 0 Å². The molecule has 0 aromatic carbocycles. The van der Waals surface area contributed by atoms with Gasteiger partial charge in [0.2, 0.25) is 0 Å². The van der Waals surface area contributed by atoms with E-state index in [-0.39, 0.29) is 0 Å². The van der Waals surface area contributed by atoms with Crippen molar-refractivity contribution in [1.82, 2.24) is 19.7 Å². The van der Waals surface area contributed by atoms with Crippen LogP contribution in [-0.4, -0.2) is 19.7 Å². The van der Waals surface area contributed by atoms with Crippen molar-refractivity contribution in [3.63, 3.8) is 0 Å². The van der Waals surface area contributed by atoms with Gasteiger partial charge in [-0.1, -0.05) is 23.9 Å². The standard InChI is InChI=1S/C15H18N4S/c1-3-10-19-11(2)17-18-15(19)20-13-8-4-6-12-7-5-9-16-14(12)13/h3,5,7,9,13H,1,4,6,8,10H2,2H3. The van der Waals surface area contributed by atoms with Crippen LogP contribution in [0, 0.1) is 6.92 Å². The van der Waals surface area contributed by atoms with E-state index >= 15 is 0 Å². The van der Waals surface area contributed by atoms with Crippen LogP contribution in [0.15, 0.2) is 36.1 Å². The first-order valence-electron chi connectivity index (χ1n) is 6.90. The van der Waals surface area contributed by atoms with Crippen LogP contribution in [-0.2, 0) is 13.0 Å². The predicted octanol–water partition coefficient (Wildman–Crippen LogP) is 3.34. The van der Waals surface area contributed by atoms with E-state index in [1.54, 1.807) is 11.8 Å². The van der Waals surface area contributed by atoms with Crippen LogP contribution in [0.3, 0.4) is 0 Å². The number of hydrogen-bond acceptors (Lipinski definition) is 4. The molecule has 3 rings (SSSR count). The second-order valence-electron chi connectivity index (χ2n) is 4.98. The van der Waals surface area contributed by atoms with Gasteiger partial charge in [0.25, 0.3) is 0 Å². The number of hydrogen-bond donors (Lipinski definition) is 0. The molecule has 1 atom stereocenters. The number of nitrogens with zero attached hydrogens (tertiary/aromatic N) is 4. The van der Waals surface area contributed by atoms with Gasteiger partial charge >= 0.3 is 0 Å². The molecular weight excluding hydrogens is 268 g/mol. The molecule has 1 aliphatic carbocycles. The topological polar surface area (TPSA) is 43.6 Å². The van der Waals surface area contributed by atoms with Crippen LogP contribution in [0.25, 0.3) is 0 Å². The molecular formula is C15H18N4S. The summed E-state index contributed by atoms with van der Waals surface area (Å²) in [5, 5.41) is 9.83. The van der Waals surface area contributed by atoms with Crippen molar-refractivity contribution in [2.45, 2.75) is 43.1 Å². The summed E-state index contributed by atoms with van der Waals surface area (Å²) in [4.78, 5) is 4.58. The first kappa shape index (κ1) is 13.4. The van der Waals surface area contributed by atoms with Crippen molar-refractivity contribution in [3.8, 4) is 0 Å². The average Bonchev–Trinajstić information content (AvgIpc) is 2.81. The Kier molecular flexibility index (Phi) is 3.87. The van der Waals surface area contributed by atoms with Gasteiger partial charge < -0.3 is 4.57 Å². The molecule has 0 fully saturated rings. The van der Waals surface area contributed by atoms with E-state index < -0.39 is 0 Å². The molecule has 0 N–H and O–H groups in total. The van der Waals surface area contributed by atoms with Crippen molar-refractivity contribution in [2.75, 3.05) is 0 Å². The smallest absolute Gasteiger partial charge is 0.192 e. The second kappa shape index (κ2) is 5.79. The van der Waals surface area contributed by atoms with E-state index in [0.29, 0.717) is 5.25 Å². The first-order valence-corrected chi connectivity index (χ1v) is 7.78. The molecule has 2 aromatic rings. The third kappa shape index (κ3) is 2.50. The van der Waals surface area contributed by atoms with Crippen LogP contribution in [0.1, 0.15) is 35.2 Å². The Morgan fingerprint density at radius 1 is 1.50 bits per heavy atom. The van der Waals surface area contributed by atoms with Gasteiger partial charge in [0.15, 0.2) is 5.16 Å². The fraction of sp³-hybridized carbons (Fsp3) is 0.400. The minimum Gasteiger partial charge on any atom is -0.302 e. The van der Waals surface area contributed by atoms with Crippen LogP contribution in [0.4, 0.5) is 0 Å². The summed E-state index contributed by atoms with van der Waals surface area (Å²) in [7, 11) is 0. The minimum absolute atomic E-state index is 0.382. The molecule has 0 spiro atoms. The molecule has 0 saturated carbocycles. The summed E-state index contributed by atoms with van der Waals surface area (Å²) in [6.07, 6.45) is 7.27. The highest BCUT2D eigenvalue weighted by Gasteiger charge is 2.24. The van der Waals surface area contributed by atoms with Gasteiger partial charge in [0.1, 0.15) is 5.82 Å². The predicted molar refractivity (Wildman–Crippen MR) is 80.7 cm³/mol. The highest BCUT2D eigenvalue weighted by Crippen LogP contribution is 2.41. The summed E-state index contributed by atoms with van der Waals surface area (Å²) in [6.45, 7) is 6.54. The van der Waals surface area contributed by atoms with E-state index in [9.17, 15) is 0 Å². The summed E-state index contributed by atoms with van der Waals surface area (Å²) < 4.78 is 2.11. The third-order valence-electron chi connectivity index (χ3n) is 3.60. The molecule has 0 radical (unpaired) electrons. The Morgan fingerprint density at radius 3 is 3.25 bits per heavy atom. The maximum atomic E-state index is 4.58. The van der Waals surface area contributed by atoms with Gasteiger partial charge in [-0.15, -0.1) is 16.8 Å². The molecule has 0 amide bonds. The van der Waals surface area contributed by atoms with E-state index in [0.717, 1.165) is 30.4 Å². The zero-order valence-electron chi connectivity index (χ0n) is 11.6. The third-order valence-corrected chi connectivity index (χ3v) is 4.86. The lowest BCUT2D eigenvalue weighted by molar-refractivity contribution is 0.646. The van der Waals surface area contributed by atoms with Crippen molar-refractivity contribution >= 4 is 11.8 Å². The van der Waals surface area contributed by atoms with Crippen molar-refractivity contribution in [2.24, 2.45) is 0 Å². The van der Waals surface area contributed by atoms with E-state index in [1.165, 1.54) is 17.7 Å². The highest BCUT2D eigenvalue weighted by molar-refractivity contribution is 7.99. The number of aromatic nitrogens is 4. The van der Waals surface area contributed by atoms with Gasteiger partial charge in [-0.3, -0.25) is 4.98 Å². The Bertz CT molecular complexity index is 620. The number of thioether (sulfide) groups is 1. The first-order chi connectivity index (χ1) is 9.79. The molecule has 2 heterocycles. The zero-order valence-corrected chi connectivity index (χ0v) is 12.4. The van der Waals surface area contributed by atoms with Crippen molar-refractivity contribution < 1.29 is 0 Å². The number of allylic oxidation sites excluding steroid dienone is 1. The summed E-state index contributed by atoms with van der Waals surface area (Å²) in [5.74, 6) is 0.935. The minimum atomic E-state index is 0.382. The van der Waals surface area contributed by atoms with E-state index in [1.807, 2.05) is 25.3 Å². The number of rotatable bonds is 4. The fourth-order valence-electron chi connectivity index (χ4n) is 2.60. The molecule has 2 aromatic heterocycles. The quantitative estimate of drug-likeness (QED) is 0.809. The van der Waals surface area contributed by atoms with Gasteiger partial charge in [0.05, 0.1) is 10.9 Å². The Hall–Kier alpha value is -1.62. The summed E-state index contributed by atoms with van der Waals surface area (Å²) in [5.41, 5.74) is 2.59. The van der Waals surface area contributed by atoms with Gasteiger partial charge in [-0.05, 0) is 37.8 Å². The molecule has 0 saturated heterocycles. The normalized spacial score (nSPS) is 17.8. The molecule has 5 heteroatoms. The lowest BCUT2D eigenvalue weighted by atomic mass is 9.96. The van der Waals surface area contributed by atoms with Gasteiger partial charge in [-0.25, -0.2) is 0 Å². The number of fused-ring (bicyclic) bond motifs is 1. The fourth-order valence-corrected chi connectivity index (χ4v) is 3.88. The van der Waals surface area contributed by atoms with E-state index in [4.69, 9.17) is 0 Å². The maximum absolute atomic E-state index is 4.58. The van der Waals surface area contributed by atoms with Gasteiger partial charge in [-0.2, -0.15) is 0 Å². The lowest BCUT2D eigenvalue weighted by Crippen LogP contribution is -2.10. The molecule has 1 aliphatic rings. The number of aryl methyl sites for hydroxylation is 2. The van der Waals surface area contributed by atoms with Crippen molar-refractivity contribution in [3.05, 3.63) is 48.1 Å². The molecule has 0 aliphatic heterocycles. The molecule has 0 bridgehead atoms. The highest BCUT2D eigenvalue weighted by atomic mass is 32.2. The molecule has 1 unspecified atom stereocenters. The van der Waals surface area contributed by atoms with Gasteiger partial charge in [0, 0.05) is 12.7 Å². The Balaban J connectivity index is 1.87. The monoisotopic (exact) mass is 286 g/mol. The summed E-state index contributed by atoms with van der Waals surface area (Å²) in [6, 6.07) is 4.21. The average molecular weight is 286 g/mol. The Morgan fingerprint density at radius 2 is 2.40 bits per heavy atom. The zero-order chi connectivity index (χ0) is 13.9. The molecule has 104 valence electrons. The summed E-state index contributed by atoms with van der Waals surface area (Å²) >= 11 is 1.77. The second-order valence-corrected chi connectivity index (χ2v) is 6.15. The maximum Gasteiger partial charge on any atom is 0.192 e. The largest absolute Gasteiger partial charge is 0.302 e.